The van der Waals surface area contributed by atoms with Gasteiger partial charge in [-0.1, -0.05) is 42.5 Å². The molecule has 0 bridgehead atoms. The van der Waals surface area contributed by atoms with Gasteiger partial charge in [0.25, 0.3) is 0 Å². The molecule has 0 atom stereocenters. The van der Waals surface area contributed by atoms with Gasteiger partial charge in [0, 0.05) is 51.0 Å². The molecule has 0 N–H and O–H groups in total. The van der Waals surface area contributed by atoms with Crippen LogP contribution in [0.3, 0.4) is 0 Å². The Hall–Kier alpha value is -4.32. The van der Waals surface area contributed by atoms with Gasteiger partial charge in [-0.15, -0.1) is 0 Å². The third-order valence-electron chi connectivity index (χ3n) is 5.82. The van der Waals surface area contributed by atoms with E-state index in [1.54, 1.807) is 34.5 Å². The fraction of sp³-hybridized carbons (Fsp3) is 0.308. The Balaban J connectivity index is 1.17. The fourth-order valence-electron chi connectivity index (χ4n) is 3.80. The third-order valence-corrected chi connectivity index (χ3v) is 5.82. The summed E-state index contributed by atoms with van der Waals surface area (Å²) in [6.45, 7) is 2.68. The first-order chi connectivity index (χ1) is 17.1. The summed E-state index contributed by atoms with van der Waals surface area (Å²) < 4.78 is 12.8. The molecule has 4 rings (SSSR count). The van der Waals surface area contributed by atoms with Gasteiger partial charge >= 0.3 is 12.2 Å². The first-order valence-corrected chi connectivity index (χ1v) is 11.5. The van der Waals surface area contributed by atoms with Crippen molar-refractivity contribution < 1.29 is 19.1 Å². The molecule has 3 aromatic rings. The number of nitrogens with zero attached hydrogens (tertiary/aromatic N) is 5. The molecular formula is C26H27N5O4. The van der Waals surface area contributed by atoms with Gasteiger partial charge in [-0.25, -0.2) is 14.6 Å². The molecule has 2 amide bonds. The second-order valence-corrected chi connectivity index (χ2v) is 8.20. The standard InChI is InChI=1S/C26H27N5O4/c27-16-21-6-8-22(9-7-21)18-31-20-28-17-24(31)10-15-34-25(32)29-11-13-30(14-12-29)26(33)35-19-23-4-2-1-3-5-23/h1-9,17,20H,10-15,18-19H2. The number of benzene rings is 2. The van der Waals surface area contributed by atoms with E-state index in [4.69, 9.17) is 14.7 Å². The highest BCUT2D eigenvalue weighted by molar-refractivity contribution is 5.70. The molecule has 0 radical (unpaired) electrons. The summed E-state index contributed by atoms with van der Waals surface area (Å²) in [7, 11) is 0. The summed E-state index contributed by atoms with van der Waals surface area (Å²) in [4.78, 5) is 32.2. The lowest BCUT2D eigenvalue weighted by atomic mass is 10.1. The molecule has 1 fully saturated rings. The van der Waals surface area contributed by atoms with Crippen LogP contribution in [0.1, 0.15) is 22.4 Å². The minimum absolute atomic E-state index is 0.226. The Bertz CT molecular complexity index is 1160. The molecule has 0 unspecified atom stereocenters. The van der Waals surface area contributed by atoms with E-state index in [1.807, 2.05) is 47.0 Å². The van der Waals surface area contributed by atoms with Crippen molar-refractivity contribution in [1.82, 2.24) is 19.4 Å². The van der Waals surface area contributed by atoms with Crippen molar-refractivity contribution in [1.29, 1.82) is 5.26 Å². The molecular weight excluding hydrogens is 446 g/mol. The second kappa shape index (κ2) is 11.7. The smallest absolute Gasteiger partial charge is 0.410 e. The monoisotopic (exact) mass is 473 g/mol. The minimum Gasteiger partial charge on any atom is -0.449 e. The van der Waals surface area contributed by atoms with Crippen LogP contribution < -0.4 is 0 Å². The number of piperazine rings is 1. The lowest BCUT2D eigenvalue weighted by Crippen LogP contribution is -2.50. The molecule has 0 spiro atoms. The van der Waals surface area contributed by atoms with Crippen LogP contribution in [-0.4, -0.2) is 64.3 Å². The largest absolute Gasteiger partial charge is 0.449 e. The molecule has 2 heterocycles. The Labute approximate surface area is 204 Å². The van der Waals surface area contributed by atoms with Crippen LogP contribution in [0.15, 0.2) is 67.1 Å². The predicted molar refractivity (Wildman–Crippen MR) is 127 cm³/mol. The van der Waals surface area contributed by atoms with Crippen molar-refractivity contribution in [3.8, 4) is 6.07 Å². The minimum atomic E-state index is -0.388. The fourth-order valence-corrected chi connectivity index (χ4v) is 3.80. The molecule has 180 valence electrons. The Morgan fingerprint density at radius 3 is 2.20 bits per heavy atom. The highest BCUT2D eigenvalue weighted by atomic mass is 16.6. The van der Waals surface area contributed by atoms with Gasteiger partial charge < -0.3 is 23.8 Å². The normalized spacial score (nSPS) is 13.2. The van der Waals surface area contributed by atoms with Gasteiger partial charge in [0.05, 0.1) is 24.6 Å². The number of hydrogen-bond acceptors (Lipinski definition) is 6. The average Bonchev–Trinajstić information content (AvgIpc) is 3.35. The van der Waals surface area contributed by atoms with Crippen LogP contribution in [0.5, 0.6) is 0 Å². The summed E-state index contributed by atoms with van der Waals surface area (Å²) in [5.74, 6) is 0. The Kier molecular flexibility index (Phi) is 7.96. The number of carbonyl (C=O) groups excluding carboxylic acids is 2. The van der Waals surface area contributed by atoms with Gasteiger partial charge in [0.15, 0.2) is 0 Å². The van der Waals surface area contributed by atoms with Gasteiger partial charge in [0.2, 0.25) is 0 Å². The molecule has 9 heteroatoms. The van der Waals surface area contributed by atoms with E-state index in [9.17, 15) is 9.59 Å². The number of amides is 2. The summed E-state index contributed by atoms with van der Waals surface area (Å²) in [5.41, 5.74) is 3.56. The van der Waals surface area contributed by atoms with Gasteiger partial charge in [-0.2, -0.15) is 5.26 Å². The number of carbonyl (C=O) groups is 2. The van der Waals surface area contributed by atoms with Crippen LogP contribution in [0.25, 0.3) is 0 Å². The van der Waals surface area contributed by atoms with Crippen molar-refractivity contribution in [2.75, 3.05) is 32.8 Å². The van der Waals surface area contributed by atoms with Crippen molar-refractivity contribution in [3.63, 3.8) is 0 Å². The molecule has 1 saturated heterocycles. The van der Waals surface area contributed by atoms with E-state index < -0.39 is 0 Å². The highest BCUT2D eigenvalue weighted by Gasteiger charge is 2.26. The maximum absolute atomic E-state index is 12.5. The van der Waals surface area contributed by atoms with Crippen molar-refractivity contribution in [3.05, 3.63) is 89.5 Å². The van der Waals surface area contributed by atoms with E-state index >= 15 is 0 Å². The topological polar surface area (TPSA) is 101 Å². The number of imidazole rings is 1. The Morgan fingerprint density at radius 2 is 1.54 bits per heavy atom. The molecule has 1 aromatic heterocycles. The first kappa shape index (κ1) is 23.8. The van der Waals surface area contributed by atoms with Crippen molar-refractivity contribution >= 4 is 12.2 Å². The third kappa shape index (κ3) is 6.60. The second-order valence-electron chi connectivity index (χ2n) is 8.20. The molecule has 0 saturated carbocycles. The Morgan fingerprint density at radius 1 is 0.886 bits per heavy atom. The van der Waals surface area contributed by atoms with Gasteiger partial charge in [0.1, 0.15) is 6.61 Å². The van der Waals surface area contributed by atoms with Crippen LogP contribution in [-0.2, 0) is 29.0 Å². The van der Waals surface area contributed by atoms with Gasteiger partial charge in [-0.3, -0.25) is 0 Å². The maximum atomic E-state index is 12.5. The van der Waals surface area contributed by atoms with Crippen LogP contribution >= 0.6 is 0 Å². The van der Waals surface area contributed by atoms with Gasteiger partial charge in [-0.05, 0) is 23.3 Å². The SMILES string of the molecule is N#Cc1ccc(Cn2cncc2CCOC(=O)N2CCN(C(=O)OCc3ccccc3)CC2)cc1. The van der Waals surface area contributed by atoms with E-state index in [0.717, 1.165) is 16.8 Å². The summed E-state index contributed by atoms with van der Waals surface area (Å²) in [6.07, 6.45) is 3.27. The van der Waals surface area contributed by atoms with Crippen LogP contribution in [0, 0.1) is 11.3 Å². The number of ether oxygens (including phenoxy) is 2. The van der Waals surface area contributed by atoms with Crippen molar-refractivity contribution in [2.45, 2.75) is 19.6 Å². The summed E-state index contributed by atoms with van der Waals surface area (Å²) >= 11 is 0. The number of hydrogen-bond donors (Lipinski definition) is 0. The number of aromatic nitrogens is 2. The summed E-state index contributed by atoms with van der Waals surface area (Å²) in [5, 5.41) is 8.93. The number of nitriles is 1. The summed E-state index contributed by atoms with van der Waals surface area (Å²) in [6, 6.07) is 19.0. The molecule has 1 aliphatic heterocycles. The zero-order valence-electron chi connectivity index (χ0n) is 19.4. The maximum Gasteiger partial charge on any atom is 0.410 e. The van der Waals surface area contributed by atoms with Crippen LogP contribution in [0.4, 0.5) is 9.59 Å². The molecule has 2 aromatic carbocycles. The van der Waals surface area contributed by atoms with Crippen LogP contribution in [0.2, 0.25) is 0 Å². The zero-order chi connectivity index (χ0) is 24.5. The lowest BCUT2D eigenvalue weighted by Gasteiger charge is -2.33. The highest BCUT2D eigenvalue weighted by Crippen LogP contribution is 2.11. The quantitative estimate of drug-likeness (QED) is 0.521. The lowest BCUT2D eigenvalue weighted by molar-refractivity contribution is 0.0583. The predicted octanol–water partition coefficient (Wildman–Crippen LogP) is 3.44. The van der Waals surface area contributed by atoms with E-state index in [0.29, 0.717) is 44.7 Å². The molecule has 1 aliphatic rings. The average molecular weight is 474 g/mol. The van der Waals surface area contributed by atoms with Crippen molar-refractivity contribution in [2.24, 2.45) is 0 Å². The van der Waals surface area contributed by atoms with E-state index in [1.165, 1.54) is 0 Å². The molecule has 9 nitrogen and oxygen atoms in total. The van der Waals surface area contributed by atoms with E-state index in [2.05, 4.69) is 11.1 Å². The first-order valence-electron chi connectivity index (χ1n) is 11.5. The molecule has 35 heavy (non-hydrogen) atoms. The van der Waals surface area contributed by atoms with E-state index in [-0.39, 0.29) is 25.4 Å². The number of rotatable bonds is 7. The molecule has 0 aliphatic carbocycles. The zero-order valence-corrected chi connectivity index (χ0v) is 19.4.